The van der Waals surface area contributed by atoms with Crippen molar-refractivity contribution < 1.29 is 19.4 Å². The maximum atomic E-state index is 12.1. The van der Waals surface area contributed by atoms with Crippen molar-refractivity contribution in [3.63, 3.8) is 0 Å². The molecule has 0 aliphatic carbocycles. The first kappa shape index (κ1) is 18.7. The summed E-state index contributed by atoms with van der Waals surface area (Å²) in [5, 5.41) is 12.5. The lowest BCUT2D eigenvalue weighted by Crippen LogP contribution is -2.18. The minimum Gasteiger partial charge on any atom is -0.507 e. The molecule has 0 radical (unpaired) electrons. The van der Waals surface area contributed by atoms with Crippen LogP contribution in [-0.4, -0.2) is 37.2 Å². The van der Waals surface area contributed by atoms with Gasteiger partial charge in [-0.15, -0.1) is 0 Å². The van der Waals surface area contributed by atoms with E-state index in [0.717, 1.165) is 22.1 Å². The lowest BCUT2D eigenvalue weighted by Gasteiger charge is -2.20. The molecule has 5 heteroatoms. The molecule has 1 N–H and O–H groups in total. The van der Waals surface area contributed by atoms with Gasteiger partial charge in [0.05, 0.1) is 14.2 Å². The summed E-state index contributed by atoms with van der Waals surface area (Å²) in [7, 11) is 4.93. The number of hydrogen-bond donors (Lipinski definition) is 1. The Balaban J connectivity index is 1.92. The van der Waals surface area contributed by atoms with E-state index in [-0.39, 0.29) is 11.3 Å². The van der Waals surface area contributed by atoms with Crippen LogP contribution in [0.3, 0.4) is 0 Å². The average Bonchev–Trinajstić information content (AvgIpc) is 2.70. The molecule has 0 saturated carbocycles. The van der Waals surface area contributed by atoms with E-state index in [1.807, 2.05) is 55.6 Å². The van der Waals surface area contributed by atoms with E-state index in [0.29, 0.717) is 18.7 Å². The summed E-state index contributed by atoms with van der Waals surface area (Å²) in [6.45, 7) is 1.18. The summed E-state index contributed by atoms with van der Waals surface area (Å²) >= 11 is 0. The number of fused-ring (bicyclic) bond motifs is 1. The highest BCUT2D eigenvalue weighted by atomic mass is 16.5. The molecule has 5 nitrogen and oxygen atoms in total. The maximum absolute atomic E-state index is 12.1. The first-order valence-corrected chi connectivity index (χ1v) is 8.67. The Hall–Kier alpha value is -3.05. The first-order valence-electron chi connectivity index (χ1n) is 8.67. The van der Waals surface area contributed by atoms with Crippen molar-refractivity contribution in [2.75, 3.05) is 21.3 Å². The summed E-state index contributed by atoms with van der Waals surface area (Å²) in [5.74, 6) is 0.246. The van der Waals surface area contributed by atoms with Gasteiger partial charge >= 0.3 is 5.97 Å². The van der Waals surface area contributed by atoms with E-state index in [1.54, 1.807) is 13.2 Å². The second-order valence-electron chi connectivity index (χ2n) is 6.48. The number of benzene rings is 3. The van der Waals surface area contributed by atoms with Crippen LogP contribution < -0.4 is 4.74 Å². The summed E-state index contributed by atoms with van der Waals surface area (Å²) in [6, 6.07) is 17.3. The fourth-order valence-corrected chi connectivity index (χ4v) is 3.21. The van der Waals surface area contributed by atoms with Crippen molar-refractivity contribution >= 4 is 16.7 Å². The molecular weight excluding hydrogens is 342 g/mol. The largest absolute Gasteiger partial charge is 0.507 e. The van der Waals surface area contributed by atoms with E-state index >= 15 is 0 Å². The lowest BCUT2D eigenvalue weighted by molar-refractivity contribution is 0.0597. The number of esters is 1. The van der Waals surface area contributed by atoms with Gasteiger partial charge in [-0.3, -0.25) is 4.90 Å². The number of rotatable bonds is 6. The number of hydrogen-bond acceptors (Lipinski definition) is 5. The molecule has 0 atom stereocenters. The van der Waals surface area contributed by atoms with Gasteiger partial charge in [-0.05, 0) is 41.6 Å². The molecule has 0 unspecified atom stereocenters. The van der Waals surface area contributed by atoms with Gasteiger partial charge in [0.25, 0.3) is 0 Å². The molecule has 0 fully saturated rings. The fourth-order valence-electron chi connectivity index (χ4n) is 3.21. The van der Waals surface area contributed by atoms with Crippen molar-refractivity contribution in [3.05, 3.63) is 71.3 Å². The molecule has 0 spiro atoms. The van der Waals surface area contributed by atoms with Crippen molar-refractivity contribution in [1.82, 2.24) is 4.90 Å². The van der Waals surface area contributed by atoms with E-state index in [1.165, 1.54) is 7.11 Å². The van der Waals surface area contributed by atoms with Crippen LogP contribution in [-0.2, 0) is 17.8 Å². The molecule has 0 heterocycles. The van der Waals surface area contributed by atoms with Crippen LogP contribution in [0.15, 0.2) is 54.6 Å². The smallest absolute Gasteiger partial charge is 0.341 e. The molecule has 3 aromatic rings. The third kappa shape index (κ3) is 4.04. The van der Waals surface area contributed by atoms with Gasteiger partial charge in [0.2, 0.25) is 0 Å². The molecule has 27 heavy (non-hydrogen) atoms. The first-order chi connectivity index (χ1) is 13.0. The molecular formula is C22H23NO4. The summed E-state index contributed by atoms with van der Waals surface area (Å²) < 4.78 is 10.0. The number of phenols is 1. The molecule has 0 amide bonds. The molecule has 0 aromatic heterocycles. The highest BCUT2D eigenvalue weighted by Gasteiger charge is 2.19. The van der Waals surface area contributed by atoms with Crippen LogP contribution in [0.4, 0.5) is 0 Å². The minimum atomic E-state index is -0.544. The zero-order valence-electron chi connectivity index (χ0n) is 15.7. The summed E-state index contributed by atoms with van der Waals surface area (Å²) in [4.78, 5) is 14.1. The van der Waals surface area contributed by atoms with Crippen molar-refractivity contribution in [2.24, 2.45) is 0 Å². The van der Waals surface area contributed by atoms with Gasteiger partial charge < -0.3 is 14.6 Å². The maximum Gasteiger partial charge on any atom is 0.341 e. The zero-order chi connectivity index (χ0) is 19.4. The van der Waals surface area contributed by atoms with Crippen LogP contribution in [0.2, 0.25) is 0 Å². The highest BCUT2D eigenvalue weighted by Crippen LogP contribution is 2.33. The Kier molecular flexibility index (Phi) is 5.62. The monoisotopic (exact) mass is 365 g/mol. The number of carbonyl (C=O) groups excluding carboxylic acids is 1. The quantitative estimate of drug-likeness (QED) is 0.670. The van der Waals surface area contributed by atoms with E-state index in [2.05, 4.69) is 4.90 Å². The molecule has 0 saturated heterocycles. The highest BCUT2D eigenvalue weighted by molar-refractivity contribution is 6.00. The van der Waals surface area contributed by atoms with Crippen LogP contribution in [0.5, 0.6) is 11.5 Å². The lowest BCUT2D eigenvalue weighted by atomic mass is 9.98. The van der Waals surface area contributed by atoms with E-state index < -0.39 is 5.97 Å². The van der Waals surface area contributed by atoms with Crippen molar-refractivity contribution in [2.45, 2.75) is 13.1 Å². The van der Waals surface area contributed by atoms with Gasteiger partial charge in [-0.1, -0.05) is 36.4 Å². The number of phenolic OH excluding ortho intramolecular Hbond substituents is 1. The Morgan fingerprint density at radius 3 is 2.41 bits per heavy atom. The predicted octanol–water partition coefficient (Wildman–Crippen LogP) is 3.97. The summed E-state index contributed by atoms with van der Waals surface area (Å²) in [6.07, 6.45) is 0. The van der Waals surface area contributed by atoms with Crippen LogP contribution in [0.1, 0.15) is 21.5 Å². The van der Waals surface area contributed by atoms with Gasteiger partial charge in [-0.2, -0.15) is 0 Å². The number of methoxy groups -OCH3 is 2. The third-order valence-electron chi connectivity index (χ3n) is 4.57. The van der Waals surface area contributed by atoms with Crippen LogP contribution in [0, 0.1) is 0 Å². The molecule has 140 valence electrons. The van der Waals surface area contributed by atoms with Gasteiger partial charge in [0, 0.05) is 18.7 Å². The number of nitrogens with zero attached hydrogens (tertiary/aromatic N) is 1. The molecule has 3 aromatic carbocycles. The van der Waals surface area contributed by atoms with Gasteiger partial charge in [0.1, 0.15) is 17.1 Å². The zero-order valence-corrected chi connectivity index (χ0v) is 15.7. The molecule has 3 rings (SSSR count). The van der Waals surface area contributed by atoms with Crippen LogP contribution in [0.25, 0.3) is 10.8 Å². The Labute approximate surface area is 158 Å². The average molecular weight is 365 g/mol. The number of carbonyl (C=O) groups is 1. The molecule has 0 bridgehead atoms. The Morgan fingerprint density at radius 1 is 1.04 bits per heavy atom. The molecule has 0 aliphatic heterocycles. The SMILES string of the molecule is COC(=O)c1cc2ccccc2c(CN(C)Cc2ccc(OC)cc2)c1O. The number of ether oxygens (including phenoxy) is 2. The topological polar surface area (TPSA) is 59.0 Å². The fraction of sp³-hybridized carbons (Fsp3) is 0.227. The minimum absolute atomic E-state index is 0.0258. The second-order valence-corrected chi connectivity index (χ2v) is 6.48. The van der Waals surface area contributed by atoms with Crippen molar-refractivity contribution in [1.29, 1.82) is 0 Å². The van der Waals surface area contributed by atoms with Crippen LogP contribution >= 0.6 is 0 Å². The normalized spacial score (nSPS) is 11.0. The standard InChI is InChI=1S/C22H23NO4/c1-23(13-15-8-10-17(26-2)11-9-15)14-20-18-7-5-4-6-16(18)12-19(21(20)24)22(25)27-3/h4-12,24H,13-14H2,1-3H3. The molecule has 0 aliphatic rings. The Morgan fingerprint density at radius 2 is 1.74 bits per heavy atom. The third-order valence-corrected chi connectivity index (χ3v) is 4.57. The predicted molar refractivity (Wildman–Crippen MR) is 105 cm³/mol. The summed E-state index contributed by atoms with van der Waals surface area (Å²) in [5.41, 5.74) is 2.03. The van der Waals surface area contributed by atoms with Gasteiger partial charge in [-0.25, -0.2) is 4.79 Å². The number of aromatic hydroxyl groups is 1. The Bertz CT molecular complexity index is 950. The van der Waals surface area contributed by atoms with E-state index in [4.69, 9.17) is 9.47 Å². The van der Waals surface area contributed by atoms with E-state index in [9.17, 15) is 9.90 Å². The van der Waals surface area contributed by atoms with Gasteiger partial charge in [0.15, 0.2) is 0 Å². The van der Waals surface area contributed by atoms with Crippen molar-refractivity contribution in [3.8, 4) is 11.5 Å². The second kappa shape index (κ2) is 8.10.